The SMILES string of the molecule is CCCOc1cccn(CC(=O)N2CCNCC2)c1=O. The average molecular weight is 279 g/mol. The molecule has 1 saturated heterocycles. The fraction of sp³-hybridized carbons (Fsp3) is 0.571. The van der Waals surface area contributed by atoms with Gasteiger partial charge in [-0.1, -0.05) is 6.92 Å². The Morgan fingerprint density at radius 1 is 1.40 bits per heavy atom. The van der Waals surface area contributed by atoms with E-state index >= 15 is 0 Å². The number of ether oxygens (including phenoxy) is 1. The monoisotopic (exact) mass is 279 g/mol. The molecule has 0 aliphatic carbocycles. The second kappa shape index (κ2) is 7.09. The van der Waals surface area contributed by atoms with E-state index in [2.05, 4.69) is 5.32 Å². The van der Waals surface area contributed by atoms with Gasteiger partial charge in [0.1, 0.15) is 6.54 Å². The molecule has 0 bridgehead atoms. The lowest BCUT2D eigenvalue weighted by atomic mass is 10.3. The summed E-state index contributed by atoms with van der Waals surface area (Å²) >= 11 is 0. The number of hydrogen-bond acceptors (Lipinski definition) is 4. The fourth-order valence-electron chi connectivity index (χ4n) is 2.12. The number of aromatic nitrogens is 1. The van der Waals surface area contributed by atoms with Crippen molar-refractivity contribution in [3.8, 4) is 5.75 Å². The normalized spacial score (nSPS) is 15.2. The van der Waals surface area contributed by atoms with Crippen molar-refractivity contribution in [2.24, 2.45) is 0 Å². The Morgan fingerprint density at radius 2 is 2.15 bits per heavy atom. The molecule has 0 atom stereocenters. The quantitative estimate of drug-likeness (QED) is 0.828. The third kappa shape index (κ3) is 3.60. The maximum Gasteiger partial charge on any atom is 0.293 e. The van der Waals surface area contributed by atoms with Crippen molar-refractivity contribution in [3.05, 3.63) is 28.7 Å². The Labute approximate surface area is 118 Å². The highest BCUT2D eigenvalue weighted by molar-refractivity contribution is 5.76. The van der Waals surface area contributed by atoms with Crippen molar-refractivity contribution >= 4 is 5.91 Å². The number of rotatable bonds is 5. The molecular formula is C14H21N3O3. The molecular weight excluding hydrogens is 258 g/mol. The molecule has 20 heavy (non-hydrogen) atoms. The maximum atomic E-state index is 12.1. The molecule has 1 aliphatic heterocycles. The Balaban J connectivity index is 2.05. The lowest BCUT2D eigenvalue weighted by Gasteiger charge is -2.27. The number of nitrogens with one attached hydrogen (secondary N) is 1. The molecule has 0 unspecified atom stereocenters. The molecule has 1 amide bonds. The largest absolute Gasteiger partial charge is 0.488 e. The van der Waals surface area contributed by atoms with E-state index in [0.717, 1.165) is 19.5 Å². The van der Waals surface area contributed by atoms with Crippen molar-refractivity contribution in [1.82, 2.24) is 14.8 Å². The number of hydrogen-bond donors (Lipinski definition) is 1. The van der Waals surface area contributed by atoms with E-state index in [1.807, 2.05) is 6.92 Å². The molecule has 2 heterocycles. The number of pyridine rings is 1. The standard InChI is InChI=1S/C14H21N3O3/c1-2-10-20-12-4-3-7-17(14(12)19)11-13(18)16-8-5-15-6-9-16/h3-4,7,15H,2,5-6,8-11H2,1H3. The number of piperazine rings is 1. The van der Waals surface area contributed by atoms with Crippen molar-refractivity contribution in [3.63, 3.8) is 0 Å². The van der Waals surface area contributed by atoms with Crippen LogP contribution in [0.4, 0.5) is 0 Å². The van der Waals surface area contributed by atoms with Crippen molar-refractivity contribution in [1.29, 1.82) is 0 Å². The third-order valence-electron chi connectivity index (χ3n) is 3.22. The van der Waals surface area contributed by atoms with E-state index < -0.39 is 0 Å². The summed E-state index contributed by atoms with van der Waals surface area (Å²) in [5, 5.41) is 3.19. The van der Waals surface area contributed by atoms with Crippen LogP contribution in [0.3, 0.4) is 0 Å². The van der Waals surface area contributed by atoms with Crippen LogP contribution in [-0.2, 0) is 11.3 Å². The van der Waals surface area contributed by atoms with E-state index in [1.165, 1.54) is 4.57 Å². The summed E-state index contributed by atoms with van der Waals surface area (Å²) in [6.45, 7) is 5.56. The second-order valence-corrected chi connectivity index (χ2v) is 4.78. The van der Waals surface area contributed by atoms with Gasteiger partial charge in [-0.05, 0) is 18.6 Å². The summed E-state index contributed by atoms with van der Waals surface area (Å²) in [7, 11) is 0. The zero-order valence-corrected chi connectivity index (χ0v) is 11.8. The second-order valence-electron chi connectivity index (χ2n) is 4.78. The first-order valence-corrected chi connectivity index (χ1v) is 7.03. The van der Waals surface area contributed by atoms with Crippen LogP contribution in [0.25, 0.3) is 0 Å². The van der Waals surface area contributed by atoms with E-state index in [0.29, 0.717) is 25.4 Å². The first-order chi connectivity index (χ1) is 9.72. The summed E-state index contributed by atoms with van der Waals surface area (Å²) in [5.74, 6) is 0.281. The van der Waals surface area contributed by atoms with Crippen LogP contribution in [0.15, 0.2) is 23.1 Å². The van der Waals surface area contributed by atoms with E-state index in [-0.39, 0.29) is 18.0 Å². The molecule has 0 saturated carbocycles. The first kappa shape index (κ1) is 14.6. The summed E-state index contributed by atoms with van der Waals surface area (Å²) in [6.07, 6.45) is 2.47. The molecule has 1 aliphatic rings. The van der Waals surface area contributed by atoms with Crippen LogP contribution < -0.4 is 15.6 Å². The zero-order valence-electron chi connectivity index (χ0n) is 11.8. The number of carbonyl (C=O) groups is 1. The van der Waals surface area contributed by atoms with Gasteiger partial charge in [-0.25, -0.2) is 0 Å². The molecule has 6 heteroatoms. The van der Waals surface area contributed by atoms with Crippen LogP contribution >= 0.6 is 0 Å². The van der Waals surface area contributed by atoms with E-state index in [4.69, 9.17) is 4.74 Å². The Bertz CT molecular complexity index is 507. The first-order valence-electron chi connectivity index (χ1n) is 7.03. The lowest BCUT2D eigenvalue weighted by molar-refractivity contribution is -0.132. The van der Waals surface area contributed by atoms with Gasteiger partial charge in [-0.3, -0.25) is 9.59 Å². The molecule has 6 nitrogen and oxygen atoms in total. The molecule has 0 spiro atoms. The Hall–Kier alpha value is -1.82. The van der Waals surface area contributed by atoms with Crippen LogP contribution in [0.5, 0.6) is 5.75 Å². The van der Waals surface area contributed by atoms with Gasteiger partial charge in [0.25, 0.3) is 5.56 Å². The lowest BCUT2D eigenvalue weighted by Crippen LogP contribution is -2.48. The fourth-order valence-corrected chi connectivity index (χ4v) is 2.12. The molecule has 1 aromatic rings. The molecule has 1 N–H and O–H groups in total. The minimum Gasteiger partial charge on any atom is -0.488 e. The minimum atomic E-state index is -0.246. The van der Waals surface area contributed by atoms with Gasteiger partial charge in [0.15, 0.2) is 5.75 Å². The van der Waals surface area contributed by atoms with Gasteiger partial charge in [-0.15, -0.1) is 0 Å². The summed E-state index contributed by atoms with van der Waals surface area (Å²) in [4.78, 5) is 26.1. The summed E-state index contributed by atoms with van der Waals surface area (Å²) < 4.78 is 6.80. The van der Waals surface area contributed by atoms with Crippen molar-refractivity contribution < 1.29 is 9.53 Å². The van der Waals surface area contributed by atoms with Gasteiger partial charge in [0.2, 0.25) is 5.91 Å². The highest BCUT2D eigenvalue weighted by Gasteiger charge is 2.17. The van der Waals surface area contributed by atoms with Crippen LogP contribution in [0.1, 0.15) is 13.3 Å². The predicted octanol–water partition coefficient (Wildman–Crippen LogP) is 0.0689. The molecule has 0 aromatic carbocycles. The molecule has 110 valence electrons. The topological polar surface area (TPSA) is 63.6 Å². The highest BCUT2D eigenvalue weighted by Crippen LogP contribution is 2.03. The van der Waals surface area contributed by atoms with Gasteiger partial charge < -0.3 is 19.5 Å². The predicted molar refractivity (Wildman–Crippen MR) is 75.9 cm³/mol. The van der Waals surface area contributed by atoms with Crippen LogP contribution in [0, 0.1) is 0 Å². The summed E-state index contributed by atoms with van der Waals surface area (Å²) in [5.41, 5.74) is -0.246. The van der Waals surface area contributed by atoms with Crippen LogP contribution in [-0.4, -0.2) is 48.2 Å². The molecule has 2 rings (SSSR count). The van der Waals surface area contributed by atoms with Crippen LogP contribution in [0.2, 0.25) is 0 Å². The average Bonchev–Trinajstić information content (AvgIpc) is 2.49. The number of carbonyl (C=O) groups excluding carboxylic acids is 1. The van der Waals surface area contributed by atoms with Gasteiger partial charge >= 0.3 is 0 Å². The van der Waals surface area contributed by atoms with Gasteiger partial charge in [0, 0.05) is 32.4 Å². The van der Waals surface area contributed by atoms with Gasteiger partial charge in [0.05, 0.1) is 6.61 Å². The van der Waals surface area contributed by atoms with Crippen molar-refractivity contribution in [2.75, 3.05) is 32.8 Å². The maximum absolute atomic E-state index is 12.1. The van der Waals surface area contributed by atoms with Gasteiger partial charge in [-0.2, -0.15) is 0 Å². The number of nitrogens with zero attached hydrogens (tertiary/aromatic N) is 2. The molecule has 0 radical (unpaired) electrons. The molecule has 1 aromatic heterocycles. The smallest absolute Gasteiger partial charge is 0.293 e. The highest BCUT2D eigenvalue weighted by atomic mass is 16.5. The van der Waals surface area contributed by atoms with Crippen molar-refractivity contribution in [2.45, 2.75) is 19.9 Å². The summed E-state index contributed by atoms with van der Waals surface area (Å²) in [6, 6.07) is 3.38. The zero-order chi connectivity index (χ0) is 14.4. The number of amides is 1. The van der Waals surface area contributed by atoms with E-state index in [9.17, 15) is 9.59 Å². The third-order valence-corrected chi connectivity index (χ3v) is 3.22. The Kier molecular flexibility index (Phi) is 5.17. The van der Waals surface area contributed by atoms with E-state index in [1.54, 1.807) is 23.2 Å². The Morgan fingerprint density at radius 3 is 2.85 bits per heavy atom. The minimum absolute atomic E-state index is 0.0266. The molecule has 1 fully saturated rings.